The number of nitrogens with zero attached hydrogens (tertiary/aromatic N) is 1. The molecule has 0 spiro atoms. The summed E-state index contributed by atoms with van der Waals surface area (Å²) in [5, 5.41) is 0. The van der Waals surface area contributed by atoms with E-state index < -0.39 is 0 Å². The van der Waals surface area contributed by atoms with Crippen LogP contribution in [0.25, 0.3) is 16.1 Å². The molecule has 3 rings (SSSR count). The third-order valence-corrected chi connectivity index (χ3v) is 3.48. The molecule has 2 heterocycles. The van der Waals surface area contributed by atoms with Crippen molar-refractivity contribution in [1.82, 2.24) is 0 Å². The van der Waals surface area contributed by atoms with E-state index in [4.69, 9.17) is 4.74 Å². The first kappa shape index (κ1) is 8.92. The molecule has 0 saturated carbocycles. The Labute approximate surface area is 92.4 Å². The minimum atomic E-state index is 0.836. The van der Waals surface area contributed by atoms with E-state index in [1.54, 1.807) is 11.3 Å². The zero-order valence-electron chi connectivity index (χ0n) is 8.35. The van der Waals surface area contributed by atoms with Gasteiger partial charge in [-0.15, -0.1) is 4.57 Å². The zero-order chi connectivity index (χ0) is 10.1. The normalized spacial score (nSPS) is 16.1. The lowest BCUT2D eigenvalue weighted by molar-refractivity contribution is -0.570. The van der Waals surface area contributed by atoms with Gasteiger partial charge < -0.3 is 4.74 Å². The van der Waals surface area contributed by atoms with Crippen molar-refractivity contribution in [1.29, 1.82) is 0 Å². The van der Waals surface area contributed by atoms with Crippen LogP contribution < -0.4 is 4.57 Å². The number of thiazole rings is 1. The highest BCUT2D eigenvalue weighted by Gasteiger charge is 2.19. The number of hydrogen-bond donors (Lipinski definition) is 0. The van der Waals surface area contributed by atoms with Crippen LogP contribution in [0.5, 0.6) is 0 Å². The van der Waals surface area contributed by atoms with Gasteiger partial charge in [-0.2, -0.15) is 0 Å². The van der Waals surface area contributed by atoms with Gasteiger partial charge in [0, 0.05) is 12.1 Å². The predicted molar refractivity (Wildman–Crippen MR) is 61.5 cm³/mol. The molecule has 2 nitrogen and oxygen atoms in total. The standard InChI is InChI=1S/C12H12NOS/c1-2-6-11-10(5-1)13(9-15-11)12-7-3-4-8-14-12/h1-2,5-7,9H,3-4,8H2/q+1. The maximum absolute atomic E-state index is 5.66. The SMILES string of the molecule is C1=C([n+]2csc3ccccc32)OCCC1. The molecule has 0 saturated heterocycles. The molecule has 0 fully saturated rings. The van der Waals surface area contributed by atoms with Crippen LogP contribution in [-0.2, 0) is 4.74 Å². The molecule has 15 heavy (non-hydrogen) atoms. The summed E-state index contributed by atoms with van der Waals surface area (Å²) in [5.41, 5.74) is 3.34. The first-order chi connectivity index (χ1) is 7.45. The Hall–Kier alpha value is -1.35. The van der Waals surface area contributed by atoms with Crippen molar-refractivity contribution >= 4 is 27.4 Å². The second kappa shape index (κ2) is 3.66. The van der Waals surface area contributed by atoms with Crippen molar-refractivity contribution in [2.45, 2.75) is 12.8 Å². The van der Waals surface area contributed by atoms with E-state index in [2.05, 4.69) is 40.4 Å². The summed E-state index contributed by atoms with van der Waals surface area (Å²) in [6.45, 7) is 0.836. The highest BCUT2D eigenvalue weighted by atomic mass is 32.1. The monoisotopic (exact) mass is 218 g/mol. The second-order valence-electron chi connectivity index (χ2n) is 3.59. The number of fused-ring (bicyclic) bond motifs is 1. The fourth-order valence-corrected chi connectivity index (χ4v) is 2.69. The molecule has 0 amide bonds. The minimum absolute atomic E-state index is 0.836. The summed E-state index contributed by atoms with van der Waals surface area (Å²) in [5.74, 6) is 0.985. The van der Waals surface area contributed by atoms with Crippen molar-refractivity contribution in [3.63, 3.8) is 0 Å². The van der Waals surface area contributed by atoms with Crippen molar-refractivity contribution in [2.75, 3.05) is 6.61 Å². The Kier molecular flexibility index (Phi) is 2.18. The predicted octanol–water partition coefficient (Wildman–Crippen LogP) is 2.80. The van der Waals surface area contributed by atoms with Gasteiger partial charge in [0.2, 0.25) is 11.0 Å². The molecule has 0 radical (unpaired) electrons. The van der Waals surface area contributed by atoms with E-state index in [1.807, 2.05) is 0 Å². The molecular formula is C12H12NOS+. The first-order valence-electron chi connectivity index (χ1n) is 5.16. The van der Waals surface area contributed by atoms with E-state index >= 15 is 0 Å². The van der Waals surface area contributed by atoms with Gasteiger partial charge in [-0.1, -0.05) is 23.5 Å². The summed E-state index contributed by atoms with van der Waals surface area (Å²) >= 11 is 1.75. The first-order valence-corrected chi connectivity index (χ1v) is 6.04. The van der Waals surface area contributed by atoms with Gasteiger partial charge in [0.15, 0.2) is 0 Å². The molecule has 1 aromatic carbocycles. The Morgan fingerprint density at radius 3 is 3.07 bits per heavy atom. The van der Waals surface area contributed by atoms with Crippen LogP contribution in [0.4, 0.5) is 0 Å². The average molecular weight is 218 g/mol. The van der Waals surface area contributed by atoms with Gasteiger partial charge in [-0.25, -0.2) is 0 Å². The molecule has 0 atom stereocenters. The molecule has 0 N–H and O–H groups in total. The number of allylic oxidation sites excluding steroid dienone is 1. The number of para-hydroxylation sites is 1. The van der Waals surface area contributed by atoms with Gasteiger partial charge in [0.1, 0.15) is 4.70 Å². The van der Waals surface area contributed by atoms with E-state index in [-0.39, 0.29) is 0 Å². The molecule has 2 aromatic rings. The molecular weight excluding hydrogens is 206 g/mol. The quantitative estimate of drug-likeness (QED) is 0.671. The minimum Gasteiger partial charge on any atom is -0.444 e. The molecule has 1 aromatic heterocycles. The summed E-state index contributed by atoms with van der Waals surface area (Å²) < 4.78 is 9.10. The maximum Gasteiger partial charge on any atom is 0.370 e. The third kappa shape index (κ3) is 1.53. The lowest BCUT2D eigenvalue weighted by atomic mass is 10.3. The number of ether oxygens (including phenoxy) is 1. The Balaban J connectivity index is 2.14. The van der Waals surface area contributed by atoms with Crippen LogP contribution in [0, 0.1) is 0 Å². The lowest BCUT2D eigenvalue weighted by Gasteiger charge is -2.08. The third-order valence-electron chi connectivity index (χ3n) is 2.56. The molecule has 1 aliphatic rings. The highest BCUT2D eigenvalue weighted by molar-refractivity contribution is 7.16. The lowest BCUT2D eigenvalue weighted by Crippen LogP contribution is -2.32. The van der Waals surface area contributed by atoms with Crippen LogP contribution in [0.3, 0.4) is 0 Å². The smallest absolute Gasteiger partial charge is 0.370 e. The van der Waals surface area contributed by atoms with E-state index in [9.17, 15) is 0 Å². The van der Waals surface area contributed by atoms with Crippen molar-refractivity contribution in [3.8, 4) is 0 Å². The van der Waals surface area contributed by atoms with Crippen LogP contribution in [0.1, 0.15) is 12.8 Å². The maximum atomic E-state index is 5.66. The molecule has 76 valence electrons. The van der Waals surface area contributed by atoms with Crippen molar-refractivity contribution in [3.05, 3.63) is 35.9 Å². The van der Waals surface area contributed by atoms with E-state index in [0.29, 0.717) is 0 Å². The molecule has 0 unspecified atom stereocenters. The van der Waals surface area contributed by atoms with E-state index in [0.717, 1.165) is 25.3 Å². The van der Waals surface area contributed by atoms with Gasteiger partial charge in [0.25, 0.3) is 0 Å². The summed E-state index contributed by atoms with van der Waals surface area (Å²) in [7, 11) is 0. The summed E-state index contributed by atoms with van der Waals surface area (Å²) in [4.78, 5) is 0. The highest BCUT2D eigenvalue weighted by Crippen LogP contribution is 2.19. The van der Waals surface area contributed by atoms with Crippen LogP contribution in [-0.4, -0.2) is 6.61 Å². The Bertz CT molecular complexity index is 515. The van der Waals surface area contributed by atoms with Crippen LogP contribution in [0.15, 0.2) is 35.9 Å². The number of rotatable bonds is 1. The van der Waals surface area contributed by atoms with Crippen LogP contribution in [0.2, 0.25) is 0 Å². The van der Waals surface area contributed by atoms with E-state index in [1.165, 1.54) is 10.2 Å². The molecule has 3 heteroatoms. The second-order valence-corrected chi connectivity index (χ2v) is 4.48. The molecule has 0 bridgehead atoms. The number of hydrogen-bond acceptors (Lipinski definition) is 2. The number of aromatic nitrogens is 1. The molecule has 1 aliphatic heterocycles. The summed E-state index contributed by atoms with van der Waals surface area (Å²) in [6, 6.07) is 8.40. The number of benzene rings is 1. The van der Waals surface area contributed by atoms with Gasteiger partial charge in [-0.05, 0) is 18.9 Å². The van der Waals surface area contributed by atoms with Gasteiger partial charge >= 0.3 is 5.88 Å². The zero-order valence-corrected chi connectivity index (χ0v) is 9.17. The fraction of sp³-hybridized carbons (Fsp3) is 0.250. The summed E-state index contributed by atoms with van der Waals surface area (Å²) in [6.07, 6.45) is 4.42. The van der Waals surface area contributed by atoms with Crippen molar-refractivity contribution in [2.24, 2.45) is 0 Å². The topological polar surface area (TPSA) is 13.1 Å². The van der Waals surface area contributed by atoms with Gasteiger partial charge in [-0.3, -0.25) is 0 Å². The fourth-order valence-electron chi connectivity index (χ4n) is 1.81. The largest absolute Gasteiger partial charge is 0.444 e. The Morgan fingerprint density at radius 2 is 2.20 bits per heavy atom. The van der Waals surface area contributed by atoms with Crippen molar-refractivity contribution < 1.29 is 9.30 Å². The molecule has 0 aliphatic carbocycles. The van der Waals surface area contributed by atoms with Crippen LogP contribution >= 0.6 is 11.3 Å². The average Bonchev–Trinajstić information content (AvgIpc) is 2.74. The van der Waals surface area contributed by atoms with Gasteiger partial charge in [0.05, 0.1) is 6.61 Å². The Morgan fingerprint density at radius 1 is 1.27 bits per heavy atom.